The second-order valence-electron chi connectivity index (χ2n) is 7.39. The number of hydrogen-bond acceptors (Lipinski definition) is 4. The van der Waals surface area contributed by atoms with Crippen molar-refractivity contribution in [3.05, 3.63) is 71.8 Å². The minimum Gasteiger partial charge on any atom is -0.447 e. The highest BCUT2D eigenvalue weighted by molar-refractivity contribution is 5.93. The van der Waals surface area contributed by atoms with Gasteiger partial charge >= 0.3 is 6.09 Å². The fourth-order valence-electron chi connectivity index (χ4n) is 3.52. The molecule has 0 radical (unpaired) electrons. The summed E-state index contributed by atoms with van der Waals surface area (Å²) in [6.07, 6.45) is 4.22. The molecule has 0 N–H and O–H groups in total. The highest BCUT2D eigenvalue weighted by atomic mass is 16.6. The van der Waals surface area contributed by atoms with Gasteiger partial charge < -0.3 is 9.47 Å². The molecule has 2 amide bonds. The Morgan fingerprint density at radius 1 is 0.931 bits per heavy atom. The fourth-order valence-corrected chi connectivity index (χ4v) is 3.52. The second-order valence-corrected chi connectivity index (χ2v) is 7.39. The standard InChI is InChI=1S/C24H29NO4/c26-23(15-9-1-2-10-16-28-18-21-13-7-4-8-14-21)25-22(19-29-24(25)27)17-20-11-5-3-6-12-20/h3-8,11-14,22H,1-2,9-10,15-19H2/t22-/m1/s1. The minimum absolute atomic E-state index is 0.131. The van der Waals surface area contributed by atoms with Gasteiger partial charge in [-0.2, -0.15) is 0 Å². The first-order valence-electron chi connectivity index (χ1n) is 10.4. The number of amides is 2. The maximum atomic E-state index is 12.5. The van der Waals surface area contributed by atoms with Gasteiger partial charge in [-0.25, -0.2) is 9.69 Å². The lowest BCUT2D eigenvalue weighted by Gasteiger charge is -2.19. The molecule has 1 saturated heterocycles. The zero-order valence-corrected chi connectivity index (χ0v) is 16.8. The van der Waals surface area contributed by atoms with Crippen LogP contribution in [0.25, 0.3) is 0 Å². The average molecular weight is 395 g/mol. The molecule has 1 heterocycles. The number of cyclic esters (lactones) is 1. The molecule has 5 nitrogen and oxygen atoms in total. The van der Waals surface area contributed by atoms with Gasteiger partial charge in [0.05, 0.1) is 12.6 Å². The van der Waals surface area contributed by atoms with Crippen molar-refractivity contribution in [2.75, 3.05) is 13.2 Å². The number of rotatable bonds is 11. The van der Waals surface area contributed by atoms with Crippen molar-refractivity contribution >= 4 is 12.0 Å². The van der Waals surface area contributed by atoms with Gasteiger partial charge in [0.1, 0.15) is 6.61 Å². The lowest BCUT2D eigenvalue weighted by molar-refractivity contribution is -0.129. The van der Waals surface area contributed by atoms with Crippen molar-refractivity contribution in [3.8, 4) is 0 Å². The van der Waals surface area contributed by atoms with Crippen LogP contribution in [-0.2, 0) is 27.3 Å². The molecule has 29 heavy (non-hydrogen) atoms. The van der Waals surface area contributed by atoms with E-state index < -0.39 is 6.09 Å². The summed E-state index contributed by atoms with van der Waals surface area (Å²) in [5, 5.41) is 0. The summed E-state index contributed by atoms with van der Waals surface area (Å²) in [5.41, 5.74) is 2.28. The lowest BCUT2D eigenvalue weighted by atomic mass is 10.1. The van der Waals surface area contributed by atoms with Crippen molar-refractivity contribution in [3.63, 3.8) is 0 Å². The SMILES string of the molecule is O=C(CCCCCCOCc1ccccc1)N1C(=O)OC[C@H]1Cc1ccccc1. The van der Waals surface area contributed by atoms with E-state index in [4.69, 9.17) is 9.47 Å². The van der Waals surface area contributed by atoms with Crippen LogP contribution in [0.15, 0.2) is 60.7 Å². The topological polar surface area (TPSA) is 55.8 Å². The van der Waals surface area contributed by atoms with Gasteiger partial charge in [-0.15, -0.1) is 0 Å². The van der Waals surface area contributed by atoms with E-state index in [0.29, 0.717) is 19.4 Å². The molecular weight excluding hydrogens is 366 g/mol. The summed E-state index contributed by atoms with van der Waals surface area (Å²) < 4.78 is 10.8. The Labute approximate surface area is 172 Å². The smallest absolute Gasteiger partial charge is 0.416 e. The molecule has 154 valence electrons. The van der Waals surface area contributed by atoms with Crippen LogP contribution in [0, 0.1) is 0 Å². The summed E-state index contributed by atoms with van der Waals surface area (Å²) >= 11 is 0. The molecule has 1 aliphatic rings. The van der Waals surface area contributed by atoms with Crippen LogP contribution in [0.2, 0.25) is 0 Å². The van der Waals surface area contributed by atoms with Crippen molar-refractivity contribution < 1.29 is 19.1 Å². The minimum atomic E-state index is -0.509. The monoisotopic (exact) mass is 395 g/mol. The summed E-state index contributed by atoms with van der Waals surface area (Å²) in [7, 11) is 0. The van der Waals surface area contributed by atoms with Gasteiger partial charge in [-0.1, -0.05) is 73.5 Å². The van der Waals surface area contributed by atoms with Gasteiger partial charge in [-0.3, -0.25) is 4.79 Å². The maximum Gasteiger partial charge on any atom is 0.416 e. The maximum absolute atomic E-state index is 12.5. The predicted octanol–water partition coefficient (Wildman–Crippen LogP) is 4.74. The number of imide groups is 1. The molecule has 0 aromatic heterocycles. The van der Waals surface area contributed by atoms with Crippen molar-refractivity contribution in [1.29, 1.82) is 0 Å². The van der Waals surface area contributed by atoms with Crippen LogP contribution in [0.3, 0.4) is 0 Å². The lowest BCUT2D eigenvalue weighted by Crippen LogP contribution is -2.40. The highest BCUT2D eigenvalue weighted by Gasteiger charge is 2.37. The van der Waals surface area contributed by atoms with Crippen LogP contribution < -0.4 is 0 Å². The molecule has 0 unspecified atom stereocenters. The largest absolute Gasteiger partial charge is 0.447 e. The van der Waals surface area contributed by atoms with Crippen LogP contribution >= 0.6 is 0 Å². The third kappa shape index (κ3) is 6.71. The van der Waals surface area contributed by atoms with E-state index in [2.05, 4.69) is 12.1 Å². The molecular formula is C24H29NO4. The number of ether oxygens (including phenoxy) is 2. The van der Waals surface area contributed by atoms with E-state index in [0.717, 1.165) is 37.9 Å². The molecule has 0 saturated carbocycles. The Bertz CT molecular complexity index is 763. The molecule has 5 heteroatoms. The Hall–Kier alpha value is -2.66. The summed E-state index contributed by atoms with van der Waals surface area (Å²) in [4.78, 5) is 25.9. The van der Waals surface area contributed by atoms with E-state index in [1.807, 2.05) is 48.5 Å². The van der Waals surface area contributed by atoms with E-state index in [9.17, 15) is 9.59 Å². The van der Waals surface area contributed by atoms with Gasteiger partial charge in [0.15, 0.2) is 0 Å². The molecule has 3 rings (SSSR count). The van der Waals surface area contributed by atoms with Crippen LogP contribution in [0.5, 0.6) is 0 Å². The second kappa shape index (κ2) is 11.4. The Morgan fingerprint density at radius 3 is 2.31 bits per heavy atom. The molecule has 0 bridgehead atoms. The molecule has 0 aliphatic carbocycles. The van der Waals surface area contributed by atoms with Crippen LogP contribution in [0.4, 0.5) is 4.79 Å². The Balaban J connectivity index is 1.30. The predicted molar refractivity (Wildman–Crippen MR) is 111 cm³/mol. The number of nitrogens with zero attached hydrogens (tertiary/aromatic N) is 1. The average Bonchev–Trinajstić information content (AvgIpc) is 3.11. The third-order valence-electron chi connectivity index (χ3n) is 5.08. The number of benzene rings is 2. The zero-order chi connectivity index (χ0) is 20.3. The van der Waals surface area contributed by atoms with E-state index in [-0.39, 0.29) is 18.6 Å². The number of carbonyl (C=O) groups is 2. The summed E-state index contributed by atoms with van der Waals surface area (Å²) in [6, 6.07) is 19.8. The third-order valence-corrected chi connectivity index (χ3v) is 5.08. The first-order valence-corrected chi connectivity index (χ1v) is 10.4. The summed E-state index contributed by atoms with van der Waals surface area (Å²) in [5.74, 6) is -0.131. The van der Waals surface area contributed by atoms with Crippen molar-refractivity contribution in [2.45, 2.75) is 51.2 Å². The van der Waals surface area contributed by atoms with Crippen LogP contribution in [-0.4, -0.2) is 36.2 Å². The first kappa shape index (κ1) is 21.1. The van der Waals surface area contributed by atoms with Crippen LogP contribution in [0.1, 0.15) is 43.2 Å². The zero-order valence-electron chi connectivity index (χ0n) is 16.8. The molecule has 2 aromatic rings. The van der Waals surface area contributed by atoms with E-state index in [1.54, 1.807) is 0 Å². The Kier molecular flexibility index (Phi) is 8.25. The van der Waals surface area contributed by atoms with Crippen molar-refractivity contribution in [1.82, 2.24) is 4.90 Å². The highest BCUT2D eigenvalue weighted by Crippen LogP contribution is 2.19. The summed E-state index contributed by atoms with van der Waals surface area (Å²) in [6.45, 7) is 1.64. The van der Waals surface area contributed by atoms with E-state index in [1.165, 1.54) is 10.5 Å². The number of unbranched alkanes of at least 4 members (excludes halogenated alkanes) is 3. The van der Waals surface area contributed by atoms with Gasteiger partial charge in [-0.05, 0) is 30.4 Å². The first-order chi connectivity index (χ1) is 14.2. The van der Waals surface area contributed by atoms with Gasteiger partial charge in [0.25, 0.3) is 0 Å². The number of hydrogen-bond donors (Lipinski definition) is 0. The quantitative estimate of drug-likeness (QED) is 0.516. The molecule has 2 aromatic carbocycles. The molecule has 1 aliphatic heterocycles. The fraction of sp³-hybridized carbons (Fsp3) is 0.417. The molecule has 1 fully saturated rings. The number of carbonyl (C=O) groups excluding carboxylic acids is 2. The molecule has 0 spiro atoms. The van der Waals surface area contributed by atoms with E-state index >= 15 is 0 Å². The van der Waals surface area contributed by atoms with Gasteiger partial charge in [0.2, 0.25) is 5.91 Å². The van der Waals surface area contributed by atoms with Crippen molar-refractivity contribution in [2.24, 2.45) is 0 Å². The van der Waals surface area contributed by atoms with Gasteiger partial charge in [0, 0.05) is 13.0 Å². The molecule has 1 atom stereocenters. The Morgan fingerprint density at radius 2 is 1.59 bits per heavy atom. The normalized spacial score (nSPS) is 16.1.